The molecular weight excluding hydrogens is 404 g/mol. The summed E-state index contributed by atoms with van der Waals surface area (Å²) in [5.74, 6) is 0. The van der Waals surface area contributed by atoms with Gasteiger partial charge in [0.1, 0.15) is 0 Å². The largest absolute Gasteiger partial charge is 0.377 e. The van der Waals surface area contributed by atoms with Crippen molar-refractivity contribution >= 4 is 49.8 Å². The summed E-state index contributed by atoms with van der Waals surface area (Å²) in [6, 6.07) is 11.4. The Bertz CT molecular complexity index is 274. The second-order valence-corrected chi connectivity index (χ2v) is 26.7. The lowest BCUT2D eigenvalue weighted by atomic mass is 10.2. The van der Waals surface area contributed by atoms with Crippen LogP contribution in [0, 0.1) is 0 Å². The van der Waals surface area contributed by atoms with E-state index >= 15 is 0 Å². The van der Waals surface area contributed by atoms with Crippen LogP contribution in [0.3, 0.4) is 0 Å². The number of benzene rings is 1. The topological polar surface area (TPSA) is 9.23 Å². The zero-order chi connectivity index (χ0) is 11.1. The van der Waals surface area contributed by atoms with Gasteiger partial charge in [0.15, 0.2) is 0 Å². The Morgan fingerprint density at radius 3 is 2.33 bits per heavy atom. The number of hydrogen-bond acceptors (Lipinski definition) is 1. The van der Waals surface area contributed by atoms with E-state index in [0.29, 0.717) is 6.61 Å². The summed E-state index contributed by atoms with van der Waals surface area (Å²) in [6.07, 6.45) is 1.07. The van der Waals surface area contributed by atoms with Gasteiger partial charge in [-0.3, -0.25) is 0 Å². The predicted octanol–water partition coefficient (Wildman–Crippen LogP) is 4.72. The highest BCUT2D eigenvalue weighted by Gasteiger charge is 2.20. The van der Waals surface area contributed by atoms with Gasteiger partial charge in [0.05, 0.1) is 6.61 Å². The van der Waals surface area contributed by atoms with Gasteiger partial charge in [0, 0.05) is 6.61 Å². The molecule has 0 unspecified atom stereocenters. The number of hydrogen-bond donors (Lipinski definition) is 0. The van der Waals surface area contributed by atoms with Crippen molar-refractivity contribution in [1.82, 2.24) is 0 Å². The van der Waals surface area contributed by atoms with E-state index < -0.39 is 3.93 Å². The zero-order valence-electron chi connectivity index (χ0n) is 8.26. The highest BCUT2D eigenvalue weighted by molar-refractivity contribution is 9.72. The molecule has 0 radical (unpaired) electrons. The summed E-state index contributed by atoms with van der Waals surface area (Å²) >= 11 is 10.8. The van der Waals surface area contributed by atoms with Gasteiger partial charge >= 0.3 is 0 Å². The fourth-order valence-electron chi connectivity index (χ4n) is 1.14. The fourth-order valence-corrected chi connectivity index (χ4v) is 4.21. The van der Waals surface area contributed by atoms with E-state index in [1.807, 2.05) is 18.2 Å². The third kappa shape index (κ3) is 7.68. The van der Waals surface area contributed by atoms with E-state index in [2.05, 4.69) is 58.0 Å². The minimum absolute atomic E-state index is 0.711. The minimum atomic E-state index is -1.43. The smallest absolute Gasteiger partial charge is 0.267 e. The van der Waals surface area contributed by atoms with Crippen LogP contribution in [-0.2, 0) is 11.3 Å². The van der Waals surface area contributed by atoms with Crippen LogP contribution in [0.4, 0.5) is 0 Å². The molecule has 0 aromatic heterocycles. The van der Waals surface area contributed by atoms with Gasteiger partial charge in [-0.05, 0) is 18.0 Å². The Balaban J connectivity index is 2.08. The van der Waals surface area contributed by atoms with Crippen molar-refractivity contribution in [2.24, 2.45) is 0 Å². The Labute approximate surface area is 115 Å². The molecule has 0 aliphatic heterocycles. The van der Waals surface area contributed by atoms with Crippen LogP contribution >= 0.6 is 45.9 Å². The molecule has 15 heavy (non-hydrogen) atoms. The summed E-state index contributed by atoms with van der Waals surface area (Å²) in [4.78, 5) is 0. The van der Waals surface area contributed by atoms with E-state index in [1.54, 1.807) is 0 Å². The van der Waals surface area contributed by atoms with Crippen molar-refractivity contribution in [2.75, 3.05) is 6.61 Å². The van der Waals surface area contributed by atoms with Crippen molar-refractivity contribution < 1.29 is 4.74 Å². The second kappa shape index (κ2) is 7.22. The molecule has 1 rings (SSSR count). The molecule has 0 aliphatic rings. The van der Waals surface area contributed by atoms with Gasteiger partial charge < -0.3 is 4.74 Å². The molecule has 0 atom stereocenters. The Hall–Kier alpha value is 0.837. The number of halogens is 3. The maximum atomic E-state index is 5.57. The van der Waals surface area contributed by atoms with Crippen LogP contribution in [0.25, 0.3) is 0 Å². The van der Waals surface area contributed by atoms with Gasteiger partial charge in [-0.25, -0.2) is 0 Å². The van der Waals surface area contributed by atoms with Crippen molar-refractivity contribution in [3.63, 3.8) is 0 Å². The third-order valence-electron chi connectivity index (χ3n) is 1.86. The molecule has 0 saturated heterocycles. The first kappa shape index (κ1) is 13.9. The van der Waals surface area contributed by atoms with Gasteiger partial charge in [-0.1, -0.05) is 76.2 Å². The summed E-state index contributed by atoms with van der Waals surface area (Å²) in [5.41, 5.74) is 1.23. The second-order valence-electron chi connectivity index (χ2n) is 3.26. The monoisotopic (exact) mass is 414 g/mol. The molecule has 0 bridgehead atoms. The van der Waals surface area contributed by atoms with Gasteiger partial charge in [-0.2, -0.15) is 0 Å². The summed E-state index contributed by atoms with van der Waals surface area (Å²) in [7, 11) is 0. The highest BCUT2D eigenvalue weighted by Crippen LogP contribution is 2.32. The standard InChI is InChI=1S/C10H13Br3OSi/c11-15(12,13)8-4-7-14-9-10-5-2-1-3-6-10/h1-3,5-6H,4,7-9H2. The molecule has 84 valence electrons. The first-order chi connectivity index (χ1) is 7.08. The Kier molecular flexibility index (Phi) is 6.69. The van der Waals surface area contributed by atoms with Crippen LogP contribution in [0.2, 0.25) is 6.04 Å². The van der Waals surface area contributed by atoms with E-state index in [9.17, 15) is 0 Å². The molecular formula is C10H13Br3OSi. The van der Waals surface area contributed by atoms with Gasteiger partial charge in [-0.15, -0.1) is 0 Å². The fraction of sp³-hybridized carbons (Fsp3) is 0.400. The van der Waals surface area contributed by atoms with E-state index in [1.165, 1.54) is 5.56 Å². The maximum Gasteiger partial charge on any atom is 0.267 e. The van der Waals surface area contributed by atoms with E-state index in [4.69, 9.17) is 4.74 Å². The van der Waals surface area contributed by atoms with Crippen LogP contribution in [0.1, 0.15) is 12.0 Å². The molecule has 1 nitrogen and oxygen atoms in total. The number of rotatable bonds is 6. The van der Waals surface area contributed by atoms with Crippen molar-refractivity contribution in [3.05, 3.63) is 35.9 Å². The summed E-state index contributed by atoms with van der Waals surface area (Å²) in [5, 5.41) is 0. The highest BCUT2D eigenvalue weighted by atomic mass is 80.0. The van der Waals surface area contributed by atoms with Crippen LogP contribution in [0.15, 0.2) is 30.3 Å². The molecule has 0 aliphatic carbocycles. The predicted molar refractivity (Wildman–Crippen MR) is 78.1 cm³/mol. The molecule has 0 spiro atoms. The van der Waals surface area contributed by atoms with E-state index in [0.717, 1.165) is 19.1 Å². The van der Waals surface area contributed by atoms with Crippen LogP contribution in [0.5, 0.6) is 0 Å². The molecule has 0 heterocycles. The summed E-state index contributed by atoms with van der Waals surface area (Å²) in [6.45, 7) is 1.52. The number of ether oxygens (including phenoxy) is 1. The Morgan fingerprint density at radius 2 is 1.73 bits per heavy atom. The van der Waals surface area contributed by atoms with Crippen LogP contribution in [-0.4, -0.2) is 10.5 Å². The molecule has 5 heteroatoms. The molecule has 0 amide bonds. The normalized spacial score (nSPS) is 11.7. The van der Waals surface area contributed by atoms with Gasteiger partial charge in [0.2, 0.25) is 0 Å². The van der Waals surface area contributed by atoms with Crippen molar-refractivity contribution in [2.45, 2.75) is 19.1 Å². The Morgan fingerprint density at radius 1 is 1.07 bits per heavy atom. The van der Waals surface area contributed by atoms with Crippen molar-refractivity contribution in [1.29, 1.82) is 0 Å². The lowest BCUT2D eigenvalue weighted by molar-refractivity contribution is 0.121. The third-order valence-corrected chi connectivity index (χ3v) is 6.35. The minimum Gasteiger partial charge on any atom is -0.377 e. The molecule has 0 saturated carbocycles. The first-order valence-corrected chi connectivity index (χ1v) is 13.7. The van der Waals surface area contributed by atoms with E-state index in [-0.39, 0.29) is 0 Å². The van der Waals surface area contributed by atoms with Gasteiger partial charge in [0.25, 0.3) is 3.93 Å². The average molecular weight is 417 g/mol. The zero-order valence-corrected chi connectivity index (χ0v) is 14.0. The molecule has 0 fully saturated rings. The molecule has 1 aromatic carbocycles. The van der Waals surface area contributed by atoms with Crippen LogP contribution < -0.4 is 0 Å². The average Bonchev–Trinajstić information content (AvgIpc) is 2.17. The lowest BCUT2D eigenvalue weighted by Crippen LogP contribution is -2.07. The maximum absolute atomic E-state index is 5.57. The quantitative estimate of drug-likeness (QED) is 0.370. The first-order valence-electron chi connectivity index (χ1n) is 4.76. The molecule has 1 aromatic rings. The lowest BCUT2D eigenvalue weighted by Gasteiger charge is -2.09. The molecule has 0 N–H and O–H groups in total. The SMILES string of the molecule is Br[Si](Br)(Br)CCCOCc1ccccc1. The summed E-state index contributed by atoms with van der Waals surface area (Å²) < 4.78 is 4.15. The van der Waals surface area contributed by atoms with Crippen molar-refractivity contribution in [3.8, 4) is 0 Å².